The number of benzene rings is 2. The summed E-state index contributed by atoms with van der Waals surface area (Å²) in [4.78, 5) is 14.6. The van der Waals surface area contributed by atoms with Crippen LogP contribution in [0.4, 0.5) is 10.1 Å². The number of halogens is 1. The summed E-state index contributed by atoms with van der Waals surface area (Å²) in [6.07, 6.45) is 1.71. The van der Waals surface area contributed by atoms with Crippen LogP contribution in [0.2, 0.25) is 0 Å². The fourth-order valence-corrected chi connectivity index (χ4v) is 3.43. The van der Waals surface area contributed by atoms with Crippen molar-refractivity contribution in [3.05, 3.63) is 64.8 Å². The second kappa shape index (κ2) is 6.52. The van der Waals surface area contributed by atoms with E-state index >= 15 is 0 Å². The molecule has 0 aliphatic carbocycles. The quantitative estimate of drug-likeness (QED) is 0.615. The highest BCUT2D eigenvalue weighted by molar-refractivity contribution is 8.27. The van der Waals surface area contributed by atoms with E-state index in [9.17, 15) is 9.18 Å². The van der Waals surface area contributed by atoms with E-state index in [4.69, 9.17) is 17.0 Å². The van der Waals surface area contributed by atoms with E-state index in [1.165, 1.54) is 28.8 Å². The number of carbonyl (C=O) groups is 1. The molecule has 1 aliphatic heterocycles. The van der Waals surface area contributed by atoms with Crippen molar-refractivity contribution in [2.24, 2.45) is 0 Å². The van der Waals surface area contributed by atoms with Crippen LogP contribution in [-0.2, 0) is 4.79 Å². The molecule has 1 saturated heterocycles. The van der Waals surface area contributed by atoms with E-state index in [1.54, 1.807) is 49.6 Å². The van der Waals surface area contributed by atoms with Gasteiger partial charge in [0, 0.05) is 0 Å². The molecule has 6 heteroatoms. The SMILES string of the molecule is COc1ccc(N2C(=O)/C(=C/c3ccc(F)cc3)SC2=S)cc1. The van der Waals surface area contributed by atoms with Gasteiger partial charge in [-0.2, -0.15) is 0 Å². The highest BCUT2D eigenvalue weighted by Crippen LogP contribution is 2.36. The van der Waals surface area contributed by atoms with Crippen LogP contribution >= 0.6 is 24.0 Å². The Kier molecular flexibility index (Phi) is 4.45. The number of methoxy groups -OCH3 is 1. The Bertz CT molecular complexity index is 785. The predicted octanol–water partition coefficient (Wildman–Crippen LogP) is 4.24. The van der Waals surface area contributed by atoms with E-state index < -0.39 is 0 Å². The van der Waals surface area contributed by atoms with Crippen molar-refractivity contribution in [3.8, 4) is 5.75 Å². The molecule has 0 aromatic heterocycles. The van der Waals surface area contributed by atoms with E-state index in [-0.39, 0.29) is 11.7 Å². The van der Waals surface area contributed by atoms with Crippen molar-refractivity contribution in [2.45, 2.75) is 0 Å². The minimum atomic E-state index is -0.312. The summed E-state index contributed by atoms with van der Waals surface area (Å²) >= 11 is 6.54. The fourth-order valence-electron chi connectivity index (χ4n) is 2.13. The first-order valence-electron chi connectivity index (χ1n) is 6.76. The minimum Gasteiger partial charge on any atom is -0.497 e. The lowest BCUT2D eigenvalue weighted by molar-refractivity contribution is -0.113. The first kappa shape index (κ1) is 15.7. The van der Waals surface area contributed by atoms with Gasteiger partial charge in [0.15, 0.2) is 4.32 Å². The first-order chi connectivity index (χ1) is 11.1. The monoisotopic (exact) mass is 345 g/mol. The molecule has 3 nitrogen and oxygen atoms in total. The molecular formula is C17H12FNO2S2. The number of hydrogen-bond acceptors (Lipinski definition) is 4. The lowest BCUT2D eigenvalue weighted by Crippen LogP contribution is -2.27. The lowest BCUT2D eigenvalue weighted by atomic mass is 10.2. The average molecular weight is 345 g/mol. The normalized spacial score (nSPS) is 16.3. The zero-order valence-corrected chi connectivity index (χ0v) is 13.8. The molecule has 23 heavy (non-hydrogen) atoms. The third-order valence-electron chi connectivity index (χ3n) is 3.29. The Morgan fingerprint density at radius 2 is 1.78 bits per heavy atom. The molecule has 0 radical (unpaired) electrons. The predicted molar refractivity (Wildman–Crippen MR) is 95.0 cm³/mol. The molecule has 2 aromatic rings. The number of rotatable bonds is 3. The molecule has 0 spiro atoms. The molecule has 0 atom stereocenters. The summed E-state index contributed by atoms with van der Waals surface area (Å²) in [6, 6.07) is 13.1. The van der Waals surface area contributed by atoms with E-state index in [2.05, 4.69) is 0 Å². The maximum Gasteiger partial charge on any atom is 0.270 e. The summed E-state index contributed by atoms with van der Waals surface area (Å²) < 4.78 is 18.5. The van der Waals surface area contributed by atoms with Gasteiger partial charge in [0.2, 0.25) is 0 Å². The molecule has 0 saturated carbocycles. The molecule has 1 heterocycles. The topological polar surface area (TPSA) is 29.5 Å². The maximum absolute atomic E-state index is 13.0. The molecule has 2 aromatic carbocycles. The smallest absolute Gasteiger partial charge is 0.270 e. The van der Waals surface area contributed by atoms with Crippen molar-refractivity contribution in [2.75, 3.05) is 12.0 Å². The van der Waals surface area contributed by atoms with Gasteiger partial charge in [-0.25, -0.2) is 4.39 Å². The summed E-state index contributed by atoms with van der Waals surface area (Å²) in [5.74, 6) is 0.212. The standard InChI is InChI=1S/C17H12FNO2S2/c1-21-14-8-6-13(7-9-14)19-16(20)15(23-17(19)22)10-11-2-4-12(18)5-3-11/h2-10H,1H3/b15-10-. The molecular weight excluding hydrogens is 333 g/mol. The minimum absolute atomic E-state index is 0.186. The van der Waals surface area contributed by atoms with Crippen molar-refractivity contribution in [3.63, 3.8) is 0 Å². The molecule has 1 amide bonds. The first-order valence-corrected chi connectivity index (χ1v) is 7.98. The van der Waals surface area contributed by atoms with E-state index in [1.807, 2.05) is 0 Å². The highest BCUT2D eigenvalue weighted by Gasteiger charge is 2.33. The third-order valence-corrected chi connectivity index (χ3v) is 4.59. The lowest BCUT2D eigenvalue weighted by Gasteiger charge is -2.14. The van der Waals surface area contributed by atoms with Gasteiger partial charge in [0.05, 0.1) is 17.7 Å². The van der Waals surface area contributed by atoms with Gasteiger partial charge >= 0.3 is 0 Å². The van der Waals surface area contributed by atoms with Gasteiger partial charge in [-0.1, -0.05) is 36.1 Å². The van der Waals surface area contributed by atoms with Crippen LogP contribution in [0.25, 0.3) is 6.08 Å². The number of hydrogen-bond donors (Lipinski definition) is 0. The van der Waals surface area contributed by atoms with Crippen molar-refractivity contribution < 1.29 is 13.9 Å². The van der Waals surface area contributed by atoms with Crippen LogP contribution in [0.3, 0.4) is 0 Å². The average Bonchev–Trinajstić information content (AvgIpc) is 2.84. The molecule has 1 fully saturated rings. The van der Waals surface area contributed by atoms with Gasteiger partial charge in [-0.05, 0) is 48.0 Å². The van der Waals surface area contributed by atoms with Gasteiger partial charge in [0.1, 0.15) is 11.6 Å². The van der Waals surface area contributed by atoms with Crippen LogP contribution in [0.5, 0.6) is 5.75 Å². The molecule has 0 bridgehead atoms. The number of anilines is 1. The van der Waals surface area contributed by atoms with Crippen LogP contribution in [0.1, 0.15) is 5.56 Å². The molecule has 0 unspecified atom stereocenters. The Labute approximate surface area is 142 Å². The second-order valence-corrected chi connectivity index (χ2v) is 6.44. The number of carbonyl (C=O) groups excluding carboxylic acids is 1. The highest BCUT2D eigenvalue weighted by atomic mass is 32.2. The summed E-state index contributed by atoms with van der Waals surface area (Å²) in [5.41, 5.74) is 1.44. The van der Waals surface area contributed by atoms with Crippen molar-refractivity contribution >= 4 is 46.0 Å². The number of amides is 1. The Balaban J connectivity index is 1.88. The molecule has 0 N–H and O–H groups in total. The molecule has 3 rings (SSSR count). The zero-order chi connectivity index (χ0) is 16.4. The fraction of sp³-hybridized carbons (Fsp3) is 0.0588. The number of nitrogens with zero attached hydrogens (tertiary/aromatic N) is 1. The number of ether oxygens (including phenoxy) is 1. The number of thioether (sulfide) groups is 1. The van der Waals surface area contributed by atoms with Crippen LogP contribution in [-0.4, -0.2) is 17.3 Å². The molecule has 1 aliphatic rings. The maximum atomic E-state index is 13.0. The Morgan fingerprint density at radius 1 is 1.13 bits per heavy atom. The summed E-state index contributed by atoms with van der Waals surface area (Å²) in [7, 11) is 1.58. The second-order valence-electron chi connectivity index (χ2n) is 4.77. The van der Waals surface area contributed by atoms with E-state index in [0.717, 1.165) is 5.56 Å². The van der Waals surface area contributed by atoms with Crippen LogP contribution < -0.4 is 9.64 Å². The Morgan fingerprint density at radius 3 is 2.39 bits per heavy atom. The number of thiocarbonyl (C=S) groups is 1. The molecule has 116 valence electrons. The van der Waals surface area contributed by atoms with Gasteiger partial charge in [-0.15, -0.1) is 0 Å². The van der Waals surface area contributed by atoms with E-state index in [0.29, 0.717) is 20.7 Å². The van der Waals surface area contributed by atoms with Crippen LogP contribution in [0, 0.1) is 5.82 Å². The summed E-state index contributed by atoms with van der Waals surface area (Å²) in [6.45, 7) is 0. The zero-order valence-electron chi connectivity index (χ0n) is 12.2. The van der Waals surface area contributed by atoms with Crippen LogP contribution in [0.15, 0.2) is 53.4 Å². The Hall–Kier alpha value is -2.18. The summed E-state index contributed by atoms with van der Waals surface area (Å²) in [5, 5.41) is 0. The van der Waals surface area contributed by atoms with Crippen molar-refractivity contribution in [1.29, 1.82) is 0 Å². The van der Waals surface area contributed by atoms with Gasteiger partial charge < -0.3 is 4.74 Å². The van der Waals surface area contributed by atoms with Gasteiger partial charge in [-0.3, -0.25) is 9.69 Å². The van der Waals surface area contributed by atoms with Gasteiger partial charge in [0.25, 0.3) is 5.91 Å². The third kappa shape index (κ3) is 3.28. The largest absolute Gasteiger partial charge is 0.497 e. The van der Waals surface area contributed by atoms with Crippen molar-refractivity contribution in [1.82, 2.24) is 0 Å².